The zero-order chi connectivity index (χ0) is 9.94. The van der Waals surface area contributed by atoms with E-state index in [0.29, 0.717) is 6.42 Å². The van der Waals surface area contributed by atoms with Crippen molar-refractivity contribution in [2.75, 3.05) is 6.54 Å². The highest BCUT2D eigenvalue weighted by atomic mass is 35.5. The van der Waals surface area contributed by atoms with Crippen molar-refractivity contribution in [1.29, 1.82) is 0 Å². The van der Waals surface area contributed by atoms with Crippen molar-refractivity contribution in [2.45, 2.75) is 51.4 Å². The number of unbranched alkanes of at least 4 members (excludes halogenated alkanes) is 6. The molecular formula is C10H20ClNO. The van der Waals surface area contributed by atoms with Crippen molar-refractivity contribution in [2.24, 2.45) is 5.73 Å². The fourth-order valence-corrected chi connectivity index (χ4v) is 1.43. The lowest BCUT2D eigenvalue weighted by Crippen LogP contribution is -1.97. The molecule has 0 rings (SSSR count). The second-order valence-electron chi connectivity index (χ2n) is 3.37. The molecule has 0 amide bonds. The summed E-state index contributed by atoms with van der Waals surface area (Å²) in [5.41, 5.74) is 5.37. The predicted molar refractivity (Wildman–Crippen MR) is 56.9 cm³/mol. The van der Waals surface area contributed by atoms with E-state index in [0.717, 1.165) is 25.8 Å². The first-order chi connectivity index (χ1) is 6.27. The molecule has 0 radical (unpaired) electrons. The van der Waals surface area contributed by atoms with Crippen molar-refractivity contribution in [3.05, 3.63) is 0 Å². The van der Waals surface area contributed by atoms with Crippen LogP contribution in [0.2, 0.25) is 0 Å². The molecule has 0 saturated heterocycles. The summed E-state index contributed by atoms with van der Waals surface area (Å²) in [6.07, 6.45) is 8.73. The highest BCUT2D eigenvalue weighted by Gasteiger charge is 1.95. The molecule has 78 valence electrons. The fourth-order valence-electron chi connectivity index (χ4n) is 1.29. The Morgan fingerprint density at radius 2 is 1.38 bits per heavy atom. The zero-order valence-corrected chi connectivity index (χ0v) is 8.98. The number of carbonyl (C=O) groups excluding carboxylic acids is 1. The third-order valence-electron chi connectivity index (χ3n) is 2.08. The lowest BCUT2D eigenvalue weighted by molar-refractivity contribution is -0.111. The Balaban J connectivity index is 2.87. The summed E-state index contributed by atoms with van der Waals surface area (Å²) in [5.74, 6) is 0. The number of nitrogens with two attached hydrogens (primary N) is 1. The number of rotatable bonds is 9. The second-order valence-corrected chi connectivity index (χ2v) is 3.79. The van der Waals surface area contributed by atoms with Gasteiger partial charge in [-0.2, -0.15) is 0 Å². The van der Waals surface area contributed by atoms with Crippen LogP contribution in [0.25, 0.3) is 0 Å². The number of hydrogen-bond donors (Lipinski definition) is 1. The van der Waals surface area contributed by atoms with E-state index in [1.165, 1.54) is 25.7 Å². The average molecular weight is 206 g/mol. The summed E-state index contributed by atoms with van der Waals surface area (Å²) in [4.78, 5) is 10.4. The molecule has 0 atom stereocenters. The molecule has 13 heavy (non-hydrogen) atoms. The third-order valence-corrected chi connectivity index (χ3v) is 2.27. The molecule has 0 aliphatic heterocycles. The Kier molecular flexibility index (Phi) is 9.94. The van der Waals surface area contributed by atoms with Gasteiger partial charge in [0.25, 0.3) is 0 Å². The molecule has 0 bridgehead atoms. The fraction of sp³-hybridized carbons (Fsp3) is 0.900. The van der Waals surface area contributed by atoms with E-state index in [1.54, 1.807) is 0 Å². The van der Waals surface area contributed by atoms with Gasteiger partial charge in [-0.25, -0.2) is 0 Å². The van der Waals surface area contributed by atoms with Crippen molar-refractivity contribution >= 4 is 16.8 Å². The number of carbonyl (C=O) groups is 1. The molecule has 0 aromatic rings. The molecule has 0 aliphatic carbocycles. The van der Waals surface area contributed by atoms with Crippen LogP contribution >= 0.6 is 11.6 Å². The number of halogens is 1. The molecule has 0 aromatic carbocycles. The standard InChI is InChI=1S/C10H20ClNO/c11-10(13)8-6-4-2-1-3-5-7-9-12/h1-9,12H2. The lowest BCUT2D eigenvalue weighted by Gasteiger charge is -1.99. The molecule has 0 unspecified atom stereocenters. The topological polar surface area (TPSA) is 43.1 Å². The number of hydrogen-bond acceptors (Lipinski definition) is 2. The second kappa shape index (κ2) is 10.0. The Morgan fingerprint density at radius 1 is 0.923 bits per heavy atom. The van der Waals surface area contributed by atoms with E-state index in [2.05, 4.69) is 0 Å². The van der Waals surface area contributed by atoms with Gasteiger partial charge in [0.15, 0.2) is 0 Å². The molecule has 0 saturated carbocycles. The third kappa shape index (κ3) is 11.9. The van der Waals surface area contributed by atoms with Gasteiger partial charge >= 0.3 is 0 Å². The predicted octanol–water partition coefficient (Wildman–Crippen LogP) is 2.83. The van der Waals surface area contributed by atoms with E-state index in [-0.39, 0.29) is 5.24 Å². The maximum absolute atomic E-state index is 10.4. The maximum Gasteiger partial charge on any atom is 0.221 e. The summed E-state index contributed by atoms with van der Waals surface area (Å²) in [7, 11) is 0. The SMILES string of the molecule is NCCCCCCCCCC(=O)Cl. The zero-order valence-electron chi connectivity index (χ0n) is 8.23. The van der Waals surface area contributed by atoms with Gasteiger partial charge in [-0.1, -0.05) is 32.1 Å². The highest BCUT2D eigenvalue weighted by molar-refractivity contribution is 6.63. The first-order valence-corrected chi connectivity index (χ1v) is 5.53. The maximum atomic E-state index is 10.4. The quantitative estimate of drug-likeness (QED) is 0.465. The van der Waals surface area contributed by atoms with E-state index < -0.39 is 0 Å². The molecule has 0 spiro atoms. The minimum Gasteiger partial charge on any atom is -0.330 e. The van der Waals surface area contributed by atoms with E-state index in [4.69, 9.17) is 17.3 Å². The van der Waals surface area contributed by atoms with Gasteiger partial charge in [0, 0.05) is 6.42 Å². The summed E-state index contributed by atoms with van der Waals surface area (Å²) in [6.45, 7) is 0.806. The van der Waals surface area contributed by atoms with Crippen LogP contribution < -0.4 is 5.73 Å². The van der Waals surface area contributed by atoms with Crippen molar-refractivity contribution in [3.8, 4) is 0 Å². The Bertz CT molecular complexity index is 128. The molecule has 0 aliphatic rings. The monoisotopic (exact) mass is 205 g/mol. The molecule has 2 N–H and O–H groups in total. The van der Waals surface area contributed by atoms with Crippen LogP contribution in [0.5, 0.6) is 0 Å². The van der Waals surface area contributed by atoms with Gasteiger partial charge in [-0.05, 0) is 31.0 Å². The first kappa shape index (κ1) is 12.9. The van der Waals surface area contributed by atoms with E-state index in [9.17, 15) is 4.79 Å². The minimum atomic E-state index is -0.205. The van der Waals surface area contributed by atoms with Gasteiger partial charge < -0.3 is 5.73 Å². The normalized spacial score (nSPS) is 10.3. The molecule has 0 fully saturated rings. The largest absolute Gasteiger partial charge is 0.330 e. The average Bonchev–Trinajstić information content (AvgIpc) is 2.09. The minimum absolute atomic E-state index is 0.205. The lowest BCUT2D eigenvalue weighted by atomic mass is 10.1. The molecular weight excluding hydrogens is 186 g/mol. The van der Waals surface area contributed by atoms with Gasteiger partial charge in [0.05, 0.1) is 0 Å². The first-order valence-electron chi connectivity index (χ1n) is 5.15. The van der Waals surface area contributed by atoms with Crippen molar-refractivity contribution in [1.82, 2.24) is 0 Å². The highest BCUT2D eigenvalue weighted by Crippen LogP contribution is 2.08. The van der Waals surface area contributed by atoms with Crippen LogP contribution in [-0.2, 0) is 4.79 Å². The van der Waals surface area contributed by atoms with Gasteiger partial charge in [0.2, 0.25) is 5.24 Å². The van der Waals surface area contributed by atoms with Crippen LogP contribution in [0.15, 0.2) is 0 Å². The van der Waals surface area contributed by atoms with Crippen LogP contribution in [0, 0.1) is 0 Å². The summed E-state index contributed by atoms with van der Waals surface area (Å²) < 4.78 is 0. The van der Waals surface area contributed by atoms with Crippen molar-refractivity contribution < 1.29 is 4.79 Å². The summed E-state index contributed by atoms with van der Waals surface area (Å²) >= 11 is 5.21. The van der Waals surface area contributed by atoms with Gasteiger partial charge in [0.1, 0.15) is 0 Å². The van der Waals surface area contributed by atoms with Crippen LogP contribution in [0.3, 0.4) is 0 Å². The molecule has 0 heterocycles. The Morgan fingerprint density at radius 3 is 1.85 bits per heavy atom. The Hall–Kier alpha value is -0.0800. The Labute approximate surface area is 85.8 Å². The van der Waals surface area contributed by atoms with Crippen LogP contribution in [-0.4, -0.2) is 11.8 Å². The molecule has 2 nitrogen and oxygen atoms in total. The summed E-state index contributed by atoms with van der Waals surface area (Å²) in [6, 6.07) is 0. The smallest absolute Gasteiger partial charge is 0.221 e. The van der Waals surface area contributed by atoms with Gasteiger partial charge in [-0.15, -0.1) is 0 Å². The molecule has 3 heteroatoms. The van der Waals surface area contributed by atoms with Crippen molar-refractivity contribution in [3.63, 3.8) is 0 Å². The van der Waals surface area contributed by atoms with Crippen LogP contribution in [0.1, 0.15) is 51.4 Å². The molecule has 0 aromatic heterocycles. The van der Waals surface area contributed by atoms with E-state index in [1.807, 2.05) is 0 Å². The van der Waals surface area contributed by atoms with Gasteiger partial charge in [-0.3, -0.25) is 4.79 Å². The van der Waals surface area contributed by atoms with E-state index >= 15 is 0 Å². The summed E-state index contributed by atoms with van der Waals surface area (Å²) in [5, 5.41) is -0.205. The van der Waals surface area contributed by atoms with Crippen LogP contribution in [0.4, 0.5) is 0 Å².